The highest BCUT2D eigenvalue weighted by atomic mass is 19.4. The third-order valence-electron chi connectivity index (χ3n) is 5.93. The zero-order valence-electron chi connectivity index (χ0n) is 19.8. The van der Waals surface area contributed by atoms with Crippen LogP contribution in [0.5, 0.6) is 5.75 Å². The van der Waals surface area contributed by atoms with Gasteiger partial charge in [0.25, 0.3) is 0 Å². The molecule has 0 radical (unpaired) electrons. The predicted octanol–water partition coefficient (Wildman–Crippen LogP) is 6.92. The molecule has 35 heavy (non-hydrogen) atoms. The molecule has 7 heteroatoms. The summed E-state index contributed by atoms with van der Waals surface area (Å²) in [6.07, 6.45) is -4.60. The number of hydrogen-bond acceptors (Lipinski definition) is 3. The molecule has 4 rings (SSSR count). The summed E-state index contributed by atoms with van der Waals surface area (Å²) >= 11 is 0. The van der Waals surface area contributed by atoms with Gasteiger partial charge in [0, 0.05) is 16.7 Å². The number of nitrogens with one attached hydrogen (secondary N) is 1. The maximum Gasteiger partial charge on any atom is 0.419 e. The average molecular weight is 481 g/mol. The van der Waals surface area contributed by atoms with Crippen molar-refractivity contribution in [3.63, 3.8) is 0 Å². The molecule has 0 spiro atoms. The van der Waals surface area contributed by atoms with Crippen LogP contribution >= 0.6 is 0 Å². The normalized spacial score (nSPS) is 12.1. The van der Waals surface area contributed by atoms with Crippen LogP contribution in [0.4, 0.5) is 13.2 Å². The zero-order valence-corrected chi connectivity index (χ0v) is 19.8. The smallest absolute Gasteiger partial charge is 0.419 e. The summed E-state index contributed by atoms with van der Waals surface area (Å²) in [5, 5.41) is 9.61. The number of ether oxygens (including phenoxy) is 1. The lowest BCUT2D eigenvalue weighted by Crippen LogP contribution is -2.23. The van der Waals surface area contributed by atoms with E-state index in [1.54, 1.807) is 26.8 Å². The van der Waals surface area contributed by atoms with E-state index in [-0.39, 0.29) is 19.0 Å². The SMILES string of the molecule is Cc1[nH]c(C(C)(C)CO)nc1-c1ccc(OCc2ccc(-c3ccccc3)cc2)c(C(F)(F)F)c1. The second-order valence-electron chi connectivity index (χ2n) is 9.16. The highest BCUT2D eigenvalue weighted by molar-refractivity contribution is 5.65. The van der Waals surface area contributed by atoms with Crippen LogP contribution in [0, 0.1) is 6.92 Å². The van der Waals surface area contributed by atoms with E-state index in [0.717, 1.165) is 22.8 Å². The molecule has 0 aliphatic heterocycles. The number of nitrogens with zero attached hydrogens (tertiary/aromatic N) is 1. The molecule has 4 aromatic rings. The largest absolute Gasteiger partial charge is 0.488 e. The van der Waals surface area contributed by atoms with E-state index in [9.17, 15) is 18.3 Å². The summed E-state index contributed by atoms with van der Waals surface area (Å²) in [6.45, 7) is 5.22. The van der Waals surface area contributed by atoms with Crippen molar-refractivity contribution in [1.82, 2.24) is 9.97 Å². The highest BCUT2D eigenvalue weighted by Gasteiger charge is 2.35. The number of aliphatic hydroxyl groups excluding tert-OH is 1. The molecule has 1 heterocycles. The van der Waals surface area contributed by atoms with Gasteiger partial charge in [-0.25, -0.2) is 4.98 Å². The molecule has 4 nitrogen and oxygen atoms in total. The Labute approximate surface area is 202 Å². The van der Waals surface area contributed by atoms with E-state index < -0.39 is 17.2 Å². The van der Waals surface area contributed by atoms with E-state index in [0.29, 0.717) is 22.8 Å². The molecule has 0 bridgehead atoms. The lowest BCUT2D eigenvalue weighted by atomic mass is 9.94. The van der Waals surface area contributed by atoms with Gasteiger partial charge in [-0.3, -0.25) is 0 Å². The summed E-state index contributed by atoms with van der Waals surface area (Å²) in [7, 11) is 0. The third-order valence-corrected chi connectivity index (χ3v) is 5.93. The van der Waals surface area contributed by atoms with Crippen molar-refractivity contribution in [3.05, 3.63) is 95.4 Å². The van der Waals surface area contributed by atoms with Gasteiger partial charge in [-0.05, 0) is 41.8 Å². The summed E-state index contributed by atoms with van der Waals surface area (Å²) in [4.78, 5) is 7.56. The van der Waals surface area contributed by atoms with Crippen LogP contribution < -0.4 is 4.74 Å². The van der Waals surface area contributed by atoms with E-state index in [1.807, 2.05) is 54.6 Å². The van der Waals surface area contributed by atoms with Gasteiger partial charge in [-0.2, -0.15) is 13.2 Å². The van der Waals surface area contributed by atoms with Gasteiger partial charge in [-0.15, -0.1) is 0 Å². The van der Waals surface area contributed by atoms with Crippen molar-refractivity contribution >= 4 is 0 Å². The maximum absolute atomic E-state index is 13.9. The minimum absolute atomic E-state index is 0.00770. The molecular weight excluding hydrogens is 453 g/mol. The second-order valence-corrected chi connectivity index (χ2v) is 9.16. The van der Waals surface area contributed by atoms with Gasteiger partial charge in [-0.1, -0.05) is 68.4 Å². The van der Waals surface area contributed by atoms with Crippen molar-refractivity contribution < 1.29 is 23.0 Å². The topological polar surface area (TPSA) is 58.1 Å². The Morgan fingerprint density at radius 3 is 2.14 bits per heavy atom. The van der Waals surface area contributed by atoms with Crippen molar-refractivity contribution in [2.45, 2.75) is 39.0 Å². The first kappa shape index (κ1) is 24.5. The van der Waals surface area contributed by atoms with Gasteiger partial charge < -0.3 is 14.8 Å². The number of aromatic amines is 1. The molecule has 0 atom stereocenters. The van der Waals surface area contributed by atoms with Crippen LogP contribution in [-0.2, 0) is 18.2 Å². The number of aromatic nitrogens is 2. The monoisotopic (exact) mass is 480 g/mol. The summed E-state index contributed by atoms with van der Waals surface area (Å²) in [5.74, 6) is 0.276. The molecule has 0 saturated carbocycles. The fourth-order valence-electron chi connectivity index (χ4n) is 3.75. The predicted molar refractivity (Wildman–Crippen MR) is 130 cm³/mol. The van der Waals surface area contributed by atoms with Gasteiger partial charge in [0.2, 0.25) is 0 Å². The molecule has 1 aromatic heterocycles. The molecule has 0 amide bonds. The number of halogens is 3. The van der Waals surface area contributed by atoms with Crippen molar-refractivity contribution in [2.24, 2.45) is 0 Å². The maximum atomic E-state index is 13.9. The molecular formula is C28H27F3N2O2. The highest BCUT2D eigenvalue weighted by Crippen LogP contribution is 2.39. The Morgan fingerprint density at radius 2 is 1.51 bits per heavy atom. The van der Waals surface area contributed by atoms with Crippen LogP contribution in [0.3, 0.4) is 0 Å². The van der Waals surface area contributed by atoms with E-state index in [2.05, 4.69) is 9.97 Å². The quantitative estimate of drug-likeness (QED) is 0.302. The summed E-state index contributed by atoms with van der Waals surface area (Å²) in [5.41, 5.74) is 2.71. The van der Waals surface area contributed by atoms with Crippen LogP contribution in [-0.4, -0.2) is 21.7 Å². The summed E-state index contributed by atoms with van der Waals surface area (Å²) < 4.78 is 47.4. The number of aliphatic hydroxyl groups is 1. The van der Waals surface area contributed by atoms with Gasteiger partial charge >= 0.3 is 6.18 Å². The van der Waals surface area contributed by atoms with Crippen LogP contribution in [0.15, 0.2) is 72.8 Å². The Bertz CT molecular complexity index is 1290. The van der Waals surface area contributed by atoms with E-state index in [4.69, 9.17) is 4.74 Å². The Hall–Kier alpha value is -3.58. The van der Waals surface area contributed by atoms with Gasteiger partial charge in [0.15, 0.2) is 0 Å². The lowest BCUT2D eigenvalue weighted by Gasteiger charge is -2.18. The number of H-pyrrole nitrogens is 1. The van der Waals surface area contributed by atoms with E-state index in [1.165, 1.54) is 6.07 Å². The van der Waals surface area contributed by atoms with Crippen molar-refractivity contribution in [2.75, 3.05) is 6.61 Å². The standard InChI is InChI=1S/C28H27F3N2O2/c1-18-25(33-26(32-18)27(2,3)17-34)22-13-14-24(23(15-22)28(29,30)31)35-16-19-9-11-21(12-10-19)20-7-5-4-6-8-20/h4-15,34H,16-17H2,1-3H3,(H,32,33). The van der Waals surface area contributed by atoms with Crippen LogP contribution in [0.2, 0.25) is 0 Å². The number of aryl methyl sites for hydroxylation is 1. The Balaban J connectivity index is 1.58. The first-order valence-electron chi connectivity index (χ1n) is 11.3. The molecule has 0 saturated heterocycles. The summed E-state index contributed by atoms with van der Waals surface area (Å²) in [6, 6.07) is 21.4. The Kier molecular flexibility index (Phi) is 6.72. The average Bonchev–Trinajstić information content (AvgIpc) is 3.25. The fraction of sp³-hybridized carbons (Fsp3) is 0.250. The molecule has 0 unspecified atom stereocenters. The minimum atomic E-state index is -4.60. The number of imidazole rings is 1. The molecule has 3 aromatic carbocycles. The third kappa shape index (κ3) is 5.41. The first-order valence-corrected chi connectivity index (χ1v) is 11.3. The van der Waals surface area contributed by atoms with Gasteiger partial charge in [0.05, 0.1) is 17.9 Å². The van der Waals surface area contributed by atoms with Crippen molar-refractivity contribution in [3.8, 4) is 28.1 Å². The lowest BCUT2D eigenvalue weighted by molar-refractivity contribution is -0.139. The first-order chi connectivity index (χ1) is 16.6. The molecule has 0 aliphatic carbocycles. The Morgan fingerprint density at radius 1 is 0.886 bits per heavy atom. The molecule has 182 valence electrons. The fourth-order valence-corrected chi connectivity index (χ4v) is 3.75. The van der Waals surface area contributed by atoms with Gasteiger partial charge in [0.1, 0.15) is 18.2 Å². The number of benzene rings is 3. The molecule has 2 N–H and O–H groups in total. The van der Waals surface area contributed by atoms with Crippen LogP contribution in [0.25, 0.3) is 22.4 Å². The number of hydrogen-bond donors (Lipinski definition) is 2. The van der Waals surface area contributed by atoms with Crippen molar-refractivity contribution in [1.29, 1.82) is 0 Å². The minimum Gasteiger partial charge on any atom is -0.488 e. The molecule has 0 aliphatic rings. The van der Waals surface area contributed by atoms with E-state index >= 15 is 0 Å². The van der Waals surface area contributed by atoms with Crippen LogP contribution in [0.1, 0.15) is 36.5 Å². The number of rotatable bonds is 7. The zero-order chi connectivity index (χ0) is 25.2. The molecule has 0 fully saturated rings. The number of alkyl halides is 3. The second kappa shape index (κ2) is 9.58.